The van der Waals surface area contributed by atoms with E-state index in [4.69, 9.17) is 37.2 Å². The molecule has 1 aromatic carbocycles. The minimum Gasteiger partial charge on any atom is -0.475 e. The fourth-order valence-corrected chi connectivity index (χ4v) is 7.23. The van der Waals surface area contributed by atoms with Crippen molar-refractivity contribution in [2.24, 2.45) is 5.41 Å². The number of hydrogen-bond acceptors (Lipinski definition) is 6. The van der Waals surface area contributed by atoms with Crippen LogP contribution in [0.2, 0.25) is 10.0 Å². The molecule has 0 spiro atoms. The van der Waals surface area contributed by atoms with Crippen LogP contribution in [0.25, 0.3) is 28.1 Å². The molecule has 4 saturated carbocycles. The largest absolute Gasteiger partial charge is 0.475 e. The van der Waals surface area contributed by atoms with E-state index in [1.807, 2.05) is 26.1 Å². The van der Waals surface area contributed by atoms with Gasteiger partial charge in [0.15, 0.2) is 0 Å². The third kappa shape index (κ3) is 5.34. The summed E-state index contributed by atoms with van der Waals surface area (Å²) in [6.07, 6.45) is 18.5. The van der Waals surface area contributed by atoms with Crippen molar-refractivity contribution >= 4 is 40.1 Å². The summed E-state index contributed by atoms with van der Waals surface area (Å²) in [6, 6.07) is 8.57. The maximum atomic E-state index is 6.82. The molecule has 8 rings (SSSR count). The molecular weight excluding hydrogens is 569 g/mol. The lowest BCUT2D eigenvalue weighted by molar-refractivity contribution is -0.133. The van der Waals surface area contributed by atoms with Gasteiger partial charge in [0.2, 0.25) is 5.88 Å². The Hall–Kier alpha value is -2.93. The lowest BCUT2D eigenvalue weighted by atomic mass is 9.58. The Kier molecular flexibility index (Phi) is 7.28. The number of hydrogen-bond donors (Lipinski definition) is 0. The molecule has 3 aromatic heterocycles. The minimum atomic E-state index is -0.117. The first-order valence-electron chi connectivity index (χ1n) is 15.0. The molecule has 0 atom stereocenters. The molecule has 0 saturated heterocycles. The van der Waals surface area contributed by atoms with Crippen molar-refractivity contribution in [3.05, 3.63) is 75.9 Å². The molecule has 0 aliphatic heterocycles. The van der Waals surface area contributed by atoms with Crippen molar-refractivity contribution in [3.8, 4) is 17.1 Å². The first-order chi connectivity index (χ1) is 20.3. The van der Waals surface area contributed by atoms with Gasteiger partial charge in [-0.2, -0.15) is 0 Å². The predicted octanol–water partition coefficient (Wildman–Crippen LogP) is 9.58. The van der Waals surface area contributed by atoms with Gasteiger partial charge in [0.1, 0.15) is 11.5 Å². The van der Waals surface area contributed by atoms with Gasteiger partial charge < -0.3 is 14.0 Å². The fraction of sp³-hybridized carbons (Fsp3) is 0.441. The molecular formula is C34H35Cl2N3O3. The number of fused-ring (bicyclic) bond motifs is 4. The van der Waals surface area contributed by atoms with Crippen LogP contribution in [0.15, 0.2) is 53.5 Å². The monoisotopic (exact) mass is 603 g/mol. The second-order valence-electron chi connectivity index (χ2n) is 12.6. The molecule has 0 amide bonds. The average molecular weight is 605 g/mol. The molecule has 0 radical (unpaired) electrons. The highest BCUT2D eigenvalue weighted by Crippen LogP contribution is 2.55. The standard InChI is InChI=1S/C34H35Cl2N3O3/c1-21(2)41-32-25-17-22(3-4-23(25)8-16-38-32)7-9-33-10-13-34(14-11-33,15-12-33)40-20-26-30(39-42-31(26)24-5-6-24)29-27(35)18-37-19-28(29)36/h3-4,7-9,16-19,21,24H,5-6,10-15,20H2,1-2H3/b9-7+. The van der Waals surface area contributed by atoms with Gasteiger partial charge in [-0.1, -0.05) is 52.6 Å². The van der Waals surface area contributed by atoms with E-state index in [0.717, 1.165) is 73.5 Å². The summed E-state index contributed by atoms with van der Waals surface area (Å²) in [7, 11) is 0. The highest BCUT2D eigenvalue weighted by Gasteiger charge is 2.48. The topological polar surface area (TPSA) is 70.3 Å². The van der Waals surface area contributed by atoms with Crippen LogP contribution in [-0.2, 0) is 11.3 Å². The molecule has 4 aliphatic rings. The van der Waals surface area contributed by atoms with Gasteiger partial charge in [-0.05, 0) is 93.7 Å². The predicted molar refractivity (Wildman–Crippen MR) is 166 cm³/mol. The van der Waals surface area contributed by atoms with Crippen molar-refractivity contribution in [2.75, 3.05) is 0 Å². The number of aromatic nitrogens is 3. The van der Waals surface area contributed by atoms with Crippen LogP contribution in [0.4, 0.5) is 0 Å². The molecule has 0 unspecified atom stereocenters. The first-order valence-corrected chi connectivity index (χ1v) is 15.8. The maximum absolute atomic E-state index is 6.82. The van der Waals surface area contributed by atoms with E-state index in [0.29, 0.717) is 39.7 Å². The Morgan fingerprint density at radius 3 is 2.45 bits per heavy atom. The molecule has 4 aromatic rings. The summed E-state index contributed by atoms with van der Waals surface area (Å²) >= 11 is 13.0. The van der Waals surface area contributed by atoms with Crippen LogP contribution in [0.1, 0.15) is 88.0 Å². The van der Waals surface area contributed by atoms with E-state index in [-0.39, 0.29) is 17.1 Å². The quantitative estimate of drug-likeness (QED) is 0.190. The van der Waals surface area contributed by atoms with Crippen molar-refractivity contribution in [3.63, 3.8) is 0 Å². The Bertz CT molecular complexity index is 1610. The van der Waals surface area contributed by atoms with Crippen LogP contribution >= 0.6 is 23.2 Å². The van der Waals surface area contributed by atoms with Crippen LogP contribution in [0.5, 0.6) is 5.88 Å². The smallest absolute Gasteiger partial charge is 0.221 e. The van der Waals surface area contributed by atoms with Crippen LogP contribution in [0.3, 0.4) is 0 Å². The summed E-state index contributed by atoms with van der Waals surface area (Å²) in [4.78, 5) is 8.59. The third-order valence-electron chi connectivity index (χ3n) is 9.35. The molecule has 42 heavy (non-hydrogen) atoms. The molecule has 8 heteroatoms. The zero-order valence-electron chi connectivity index (χ0n) is 24.0. The van der Waals surface area contributed by atoms with Crippen LogP contribution < -0.4 is 4.74 Å². The second-order valence-corrected chi connectivity index (χ2v) is 13.4. The van der Waals surface area contributed by atoms with E-state index in [1.54, 1.807) is 12.4 Å². The summed E-state index contributed by atoms with van der Waals surface area (Å²) in [5.74, 6) is 2.01. The van der Waals surface area contributed by atoms with Gasteiger partial charge in [0.25, 0.3) is 0 Å². The molecule has 3 heterocycles. The van der Waals surface area contributed by atoms with E-state index in [2.05, 4.69) is 45.5 Å². The molecule has 4 aliphatic carbocycles. The Morgan fingerprint density at radius 1 is 1.02 bits per heavy atom. The van der Waals surface area contributed by atoms with Gasteiger partial charge in [0.05, 0.1) is 28.4 Å². The van der Waals surface area contributed by atoms with E-state index >= 15 is 0 Å². The van der Waals surface area contributed by atoms with Crippen molar-refractivity contribution < 1.29 is 14.0 Å². The Balaban J connectivity index is 1.06. The summed E-state index contributed by atoms with van der Waals surface area (Å²) in [6.45, 7) is 4.51. The molecule has 0 N–H and O–H groups in total. The normalized spacial score (nSPS) is 23.8. The SMILES string of the molecule is CC(C)Oc1nccc2ccc(/C=C/C34CCC(OCc5c(-c6c(Cl)cncc6Cl)noc5C5CC5)(CC3)CC4)cc12. The van der Waals surface area contributed by atoms with E-state index in [9.17, 15) is 0 Å². The maximum Gasteiger partial charge on any atom is 0.221 e. The summed E-state index contributed by atoms with van der Waals surface area (Å²) < 4.78 is 18.6. The number of allylic oxidation sites excluding steroid dienone is 1. The average Bonchev–Trinajstić information content (AvgIpc) is 3.76. The first kappa shape index (κ1) is 27.9. The second kappa shape index (κ2) is 11.0. The van der Waals surface area contributed by atoms with Crippen LogP contribution in [-0.4, -0.2) is 26.8 Å². The number of ether oxygens (including phenoxy) is 2. The highest BCUT2D eigenvalue weighted by atomic mass is 35.5. The third-order valence-corrected chi connectivity index (χ3v) is 9.92. The van der Waals surface area contributed by atoms with Gasteiger partial charge in [-0.3, -0.25) is 4.98 Å². The molecule has 4 fully saturated rings. The fourth-order valence-electron chi connectivity index (χ4n) is 6.69. The lowest BCUT2D eigenvalue weighted by Crippen LogP contribution is -2.46. The van der Waals surface area contributed by atoms with E-state index < -0.39 is 0 Å². The number of rotatable bonds is 9. The van der Waals surface area contributed by atoms with Crippen LogP contribution in [0, 0.1) is 5.41 Å². The number of halogens is 2. The molecule has 218 valence electrons. The van der Waals surface area contributed by atoms with Crippen molar-refractivity contribution in [1.82, 2.24) is 15.1 Å². The minimum absolute atomic E-state index is 0.0797. The number of pyridine rings is 2. The highest BCUT2D eigenvalue weighted by molar-refractivity contribution is 6.38. The number of nitrogens with zero attached hydrogens (tertiary/aromatic N) is 3. The van der Waals surface area contributed by atoms with Gasteiger partial charge in [-0.25, -0.2) is 4.98 Å². The van der Waals surface area contributed by atoms with Gasteiger partial charge >= 0.3 is 0 Å². The zero-order valence-corrected chi connectivity index (χ0v) is 25.5. The van der Waals surface area contributed by atoms with E-state index in [1.165, 1.54) is 5.56 Å². The van der Waals surface area contributed by atoms with Gasteiger partial charge in [0, 0.05) is 41.0 Å². The molecule has 6 nitrogen and oxygen atoms in total. The zero-order chi connectivity index (χ0) is 28.9. The summed E-state index contributed by atoms with van der Waals surface area (Å²) in [5, 5.41) is 7.55. The summed E-state index contributed by atoms with van der Waals surface area (Å²) in [5.41, 5.74) is 3.61. The van der Waals surface area contributed by atoms with Crippen molar-refractivity contribution in [1.29, 1.82) is 0 Å². The van der Waals surface area contributed by atoms with Crippen molar-refractivity contribution in [2.45, 2.75) is 89.4 Å². The Morgan fingerprint density at radius 2 is 1.76 bits per heavy atom. The molecule has 2 bridgehead atoms. The Labute approximate surface area is 256 Å². The van der Waals surface area contributed by atoms with Gasteiger partial charge in [-0.15, -0.1) is 0 Å². The lowest BCUT2D eigenvalue weighted by Gasteiger charge is -2.52. The number of benzene rings is 1.